The summed E-state index contributed by atoms with van der Waals surface area (Å²) in [6.45, 7) is 4.95. The van der Waals surface area contributed by atoms with E-state index in [4.69, 9.17) is 4.98 Å². The van der Waals surface area contributed by atoms with Crippen LogP contribution in [0.3, 0.4) is 0 Å². The molecule has 0 bridgehead atoms. The van der Waals surface area contributed by atoms with Crippen molar-refractivity contribution < 1.29 is 0 Å². The van der Waals surface area contributed by atoms with Gasteiger partial charge in [0.15, 0.2) is 0 Å². The van der Waals surface area contributed by atoms with Crippen LogP contribution in [0.1, 0.15) is 5.56 Å². The number of nitrogens with zero attached hydrogens (tertiary/aromatic N) is 6. The first-order chi connectivity index (χ1) is 13.3. The van der Waals surface area contributed by atoms with E-state index in [1.807, 2.05) is 31.7 Å². The maximum atomic E-state index is 4.78. The van der Waals surface area contributed by atoms with E-state index in [0.717, 1.165) is 49.8 Å². The molecule has 0 spiro atoms. The van der Waals surface area contributed by atoms with Crippen LogP contribution in [0.25, 0.3) is 17.3 Å². The van der Waals surface area contributed by atoms with E-state index in [-0.39, 0.29) is 0 Å². The quantitative estimate of drug-likeness (QED) is 0.700. The van der Waals surface area contributed by atoms with Crippen LogP contribution >= 0.6 is 0 Å². The number of anilines is 1. The van der Waals surface area contributed by atoms with Crippen LogP contribution in [-0.4, -0.2) is 57.4 Å². The summed E-state index contributed by atoms with van der Waals surface area (Å²) in [6.07, 6.45) is 11.9. The van der Waals surface area contributed by atoms with Gasteiger partial charge in [0.1, 0.15) is 5.82 Å². The van der Waals surface area contributed by atoms with E-state index in [9.17, 15) is 0 Å². The van der Waals surface area contributed by atoms with Crippen LogP contribution in [-0.2, 0) is 7.05 Å². The van der Waals surface area contributed by atoms with E-state index in [1.54, 1.807) is 10.9 Å². The molecule has 0 radical (unpaired) electrons. The fourth-order valence-corrected chi connectivity index (χ4v) is 3.26. The first-order valence-corrected chi connectivity index (χ1v) is 9.28. The maximum absolute atomic E-state index is 4.78. The van der Waals surface area contributed by atoms with Gasteiger partial charge in [0, 0.05) is 51.5 Å². The number of aromatic nitrogens is 4. The average molecular weight is 360 g/mol. The summed E-state index contributed by atoms with van der Waals surface area (Å²) in [5.74, 6) is 0.941. The van der Waals surface area contributed by atoms with Gasteiger partial charge in [0.2, 0.25) is 0 Å². The van der Waals surface area contributed by atoms with Crippen LogP contribution in [0, 0.1) is 0 Å². The van der Waals surface area contributed by atoms with Gasteiger partial charge in [0.25, 0.3) is 0 Å². The maximum Gasteiger partial charge on any atom is 0.147 e. The normalized spacial score (nSPS) is 15.5. The number of hydrogen-bond donors (Lipinski definition) is 0. The summed E-state index contributed by atoms with van der Waals surface area (Å²) < 4.78 is 1.78. The second-order valence-electron chi connectivity index (χ2n) is 6.77. The van der Waals surface area contributed by atoms with E-state index in [2.05, 4.69) is 56.3 Å². The summed E-state index contributed by atoms with van der Waals surface area (Å²) in [5.41, 5.74) is 3.11. The lowest BCUT2D eigenvalue weighted by atomic mass is 10.2. The zero-order valence-corrected chi connectivity index (χ0v) is 15.6. The van der Waals surface area contributed by atoms with Gasteiger partial charge in [-0.15, -0.1) is 0 Å². The molecule has 0 amide bonds. The van der Waals surface area contributed by atoms with E-state index in [0.29, 0.717) is 0 Å². The number of piperazine rings is 1. The number of hydrogen-bond acceptors (Lipinski definition) is 5. The minimum Gasteiger partial charge on any atom is -0.353 e. The Bertz CT molecular complexity index is 894. The number of benzene rings is 1. The van der Waals surface area contributed by atoms with Crippen LogP contribution < -0.4 is 4.90 Å². The monoisotopic (exact) mass is 360 g/mol. The molecule has 6 heteroatoms. The third-order valence-electron chi connectivity index (χ3n) is 4.79. The molecule has 0 N–H and O–H groups in total. The first-order valence-electron chi connectivity index (χ1n) is 9.28. The number of rotatable bonds is 5. The largest absolute Gasteiger partial charge is 0.353 e. The highest BCUT2D eigenvalue weighted by atomic mass is 15.3. The van der Waals surface area contributed by atoms with Crippen molar-refractivity contribution in [1.82, 2.24) is 24.6 Å². The molecule has 138 valence electrons. The number of aryl methyl sites for hydroxylation is 1. The van der Waals surface area contributed by atoms with Gasteiger partial charge < -0.3 is 4.90 Å². The van der Waals surface area contributed by atoms with Crippen molar-refractivity contribution in [1.29, 1.82) is 0 Å². The van der Waals surface area contributed by atoms with Crippen LogP contribution in [0.15, 0.2) is 61.2 Å². The zero-order valence-electron chi connectivity index (χ0n) is 15.6. The molecule has 0 saturated carbocycles. The highest BCUT2D eigenvalue weighted by molar-refractivity contribution is 5.58. The summed E-state index contributed by atoms with van der Waals surface area (Å²) in [4.78, 5) is 13.9. The fraction of sp³-hybridized carbons (Fsp3) is 0.286. The Labute approximate surface area is 159 Å². The Morgan fingerprint density at radius 2 is 1.81 bits per heavy atom. The Hall–Kier alpha value is -2.99. The molecule has 1 aliphatic rings. The molecule has 0 aliphatic carbocycles. The molecular weight excluding hydrogens is 336 g/mol. The lowest BCUT2D eigenvalue weighted by Gasteiger charge is -2.34. The summed E-state index contributed by atoms with van der Waals surface area (Å²) in [5, 5.41) is 4.22. The van der Waals surface area contributed by atoms with Gasteiger partial charge in [-0.2, -0.15) is 5.10 Å². The van der Waals surface area contributed by atoms with E-state index >= 15 is 0 Å². The Kier molecular flexibility index (Phi) is 5.25. The predicted octanol–water partition coefficient (Wildman–Crippen LogP) is 2.71. The van der Waals surface area contributed by atoms with Gasteiger partial charge in [-0.25, -0.2) is 4.98 Å². The van der Waals surface area contributed by atoms with Crippen molar-refractivity contribution in [2.75, 3.05) is 37.6 Å². The van der Waals surface area contributed by atoms with Gasteiger partial charge in [-0.1, -0.05) is 42.5 Å². The van der Waals surface area contributed by atoms with Gasteiger partial charge in [-0.3, -0.25) is 14.6 Å². The molecule has 6 nitrogen and oxygen atoms in total. The molecule has 3 aromatic rings. The minimum atomic E-state index is 0.869. The van der Waals surface area contributed by atoms with E-state index < -0.39 is 0 Å². The molecule has 27 heavy (non-hydrogen) atoms. The van der Waals surface area contributed by atoms with E-state index in [1.165, 1.54) is 5.56 Å². The third-order valence-corrected chi connectivity index (χ3v) is 4.79. The highest BCUT2D eigenvalue weighted by Gasteiger charge is 2.18. The standard InChI is InChI=1S/C21H24N6/c1-25-17-19(14-23-25)20-15-22-16-21(24-20)27-12-10-26(11-13-27)9-5-8-18-6-3-2-4-7-18/h2-8,14-17H,9-13H2,1H3. The second-order valence-corrected chi connectivity index (χ2v) is 6.77. The van der Waals surface area contributed by atoms with Crippen molar-refractivity contribution in [3.63, 3.8) is 0 Å². The lowest BCUT2D eigenvalue weighted by Crippen LogP contribution is -2.46. The molecule has 1 saturated heterocycles. The van der Waals surface area contributed by atoms with Gasteiger partial charge in [0.05, 0.1) is 24.3 Å². The van der Waals surface area contributed by atoms with Crippen molar-refractivity contribution in [3.8, 4) is 11.3 Å². The molecule has 1 aliphatic heterocycles. The molecule has 3 heterocycles. The highest BCUT2D eigenvalue weighted by Crippen LogP contribution is 2.19. The van der Waals surface area contributed by atoms with Crippen molar-refractivity contribution in [3.05, 3.63) is 66.8 Å². The van der Waals surface area contributed by atoms with Gasteiger partial charge in [-0.05, 0) is 5.56 Å². The first kappa shape index (κ1) is 17.4. The molecule has 4 rings (SSSR count). The molecule has 0 unspecified atom stereocenters. The Morgan fingerprint density at radius 1 is 1.00 bits per heavy atom. The van der Waals surface area contributed by atoms with Crippen molar-refractivity contribution in [2.24, 2.45) is 7.05 Å². The molecule has 2 aromatic heterocycles. The molecule has 1 fully saturated rings. The summed E-state index contributed by atoms with van der Waals surface area (Å²) in [7, 11) is 1.91. The summed E-state index contributed by atoms with van der Waals surface area (Å²) >= 11 is 0. The molecule has 0 atom stereocenters. The topological polar surface area (TPSA) is 50.1 Å². The summed E-state index contributed by atoms with van der Waals surface area (Å²) in [6, 6.07) is 10.4. The predicted molar refractivity (Wildman–Crippen MR) is 108 cm³/mol. The van der Waals surface area contributed by atoms with Crippen LogP contribution in [0.4, 0.5) is 5.82 Å². The van der Waals surface area contributed by atoms with Crippen molar-refractivity contribution >= 4 is 11.9 Å². The molecular formula is C21H24N6. The average Bonchev–Trinajstić information content (AvgIpc) is 3.16. The fourth-order valence-electron chi connectivity index (χ4n) is 3.26. The van der Waals surface area contributed by atoms with Crippen LogP contribution in [0.2, 0.25) is 0 Å². The lowest BCUT2D eigenvalue weighted by molar-refractivity contribution is 0.283. The Balaban J connectivity index is 1.33. The van der Waals surface area contributed by atoms with Crippen LogP contribution in [0.5, 0.6) is 0 Å². The smallest absolute Gasteiger partial charge is 0.147 e. The third kappa shape index (κ3) is 4.41. The molecule has 1 aromatic carbocycles. The zero-order chi connectivity index (χ0) is 18.5. The van der Waals surface area contributed by atoms with Crippen molar-refractivity contribution in [2.45, 2.75) is 0 Å². The minimum absolute atomic E-state index is 0.869. The second kappa shape index (κ2) is 8.14. The SMILES string of the molecule is Cn1cc(-c2cncc(N3CCN(CC=Cc4ccccc4)CC3)n2)cn1. The Morgan fingerprint density at radius 3 is 2.56 bits per heavy atom. The van der Waals surface area contributed by atoms with Gasteiger partial charge >= 0.3 is 0 Å².